The number of nitrogens with zero attached hydrogens (tertiary/aromatic N) is 1. The maximum atomic E-state index is 13.6. The summed E-state index contributed by atoms with van der Waals surface area (Å²) in [6.45, 7) is 9.20. The number of phenolic OH excluding ortho intramolecular Hbond substituents is 1. The van der Waals surface area contributed by atoms with Crippen LogP contribution in [0.3, 0.4) is 0 Å². The zero-order chi connectivity index (χ0) is 27.7. The molecular weight excluding hydrogens is 506 g/mol. The minimum atomic E-state index is -0.285. The molecule has 3 aliphatic rings. The summed E-state index contributed by atoms with van der Waals surface area (Å²) >= 11 is 1.59. The molecule has 1 aromatic heterocycles. The Balaban J connectivity index is 1.36. The fourth-order valence-electron chi connectivity index (χ4n) is 7.01. The monoisotopic (exact) mass is 547 g/mol. The number of amides is 2. The van der Waals surface area contributed by atoms with Crippen LogP contribution in [0.25, 0.3) is 6.08 Å². The van der Waals surface area contributed by atoms with E-state index in [9.17, 15) is 14.7 Å². The Morgan fingerprint density at radius 1 is 1.10 bits per heavy atom. The Morgan fingerprint density at radius 3 is 2.54 bits per heavy atom. The standard InChI is InChI=1S/C33H41NO4S/c1-5-8-22(16-23-14-20(3)31(35)21(4)15-23)11-12-28-29-24(9-6-2)17-26-30(27(29)19-38-28)33(37)34(32(26)36)18-25-10-7-13-39-25/h7,10,13-16,26-28,30,35H,5-6,8-9,11-12,17-19H2,1-4H3/b22-16+/t26-,27+,28-,30-/m1/s1. The third-order valence-electron chi connectivity index (χ3n) is 8.73. The van der Waals surface area contributed by atoms with Crippen molar-refractivity contribution in [1.29, 1.82) is 0 Å². The molecule has 208 valence electrons. The Hall–Kier alpha value is -2.70. The van der Waals surface area contributed by atoms with Crippen molar-refractivity contribution in [2.24, 2.45) is 17.8 Å². The topological polar surface area (TPSA) is 66.8 Å². The fraction of sp³-hybridized carbons (Fsp3) is 0.515. The number of likely N-dealkylation sites (tertiary alicyclic amines) is 1. The minimum Gasteiger partial charge on any atom is -0.507 e. The lowest BCUT2D eigenvalue weighted by Crippen LogP contribution is -2.34. The smallest absolute Gasteiger partial charge is 0.234 e. The molecule has 5 nitrogen and oxygen atoms in total. The van der Waals surface area contributed by atoms with Crippen LogP contribution in [0.2, 0.25) is 0 Å². The average Bonchev–Trinajstić information content (AvgIpc) is 3.63. The molecule has 39 heavy (non-hydrogen) atoms. The van der Waals surface area contributed by atoms with Crippen molar-refractivity contribution in [2.45, 2.75) is 85.3 Å². The summed E-state index contributed by atoms with van der Waals surface area (Å²) in [7, 11) is 0. The average molecular weight is 548 g/mol. The Bertz CT molecular complexity index is 1270. The number of aromatic hydroxyl groups is 1. The molecule has 6 heteroatoms. The number of carbonyl (C=O) groups excluding carboxylic acids is 2. The van der Waals surface area contributed by atoms with Gasteiger partial charge in [-0.3, -0.25) is 14.5 Å². The Morgan fingerprint density at radius 2 is 1.87 bits per heavy atom. The van der Waals surface area contributed by atoms with Crippen molar-refractivity contribution >= 4 is 29.2 Å². The third-order valence-corrected chi connectivity index (χ3v) is 9.59. The first-order valence-electron chi connectivity index (χ1n) is 14.5. The van der Waals surface area contributed by atoms with Gasteiger partial charge in [-0.1, -0.05) is 50.0 Å². The SMILES string of the molecule is CCCC1=C2[C@@H](CC/C(=C/c3cc(C)c(O)c(C)c3)CCC)OC[C@@H]2[C@@H]2C(=O)N(Cc3cccs3)C(=O)[C@@H]2C1. The summed E-state index contributed by atoms with van der Waals surface area (Å²) in [6.07, 6.45) is 8.87. The number of allylic oxidation sites excluding steroid dienone is 2. The first-order chi connectivity index (χ1) is 18.8. The highest BCUT2D eigenvalue weighted by molar-refractivity contribution is 7.09. The first-order valence-corrected chi connectivity index (χ1v) is 15.4. The van der Waals surface area contributed by atoms with Gasteiger partial charge in [-0.25, -0.2) is 0 Å². The number of aryl methyl sites for hydroxylation is 2. The molecule has 0 spiro atoms. The molecule has 4 atom stereocenters. The normalized spacial score (nSPS) is 25.0. The number of imide groups is 1. The number of thiophene rings is 1. The molecule has 0 unspecified atom stereocenters. The molecule has 0 radical (unpaired) electrons. The van der Waals surface area contributed by atoms with Gasteiger partial charge in [0, 0.05) is 10.8 Å². The summed E-state index contributed by atoms with van der Waals surface area (Å²) in [6, 6.07) is 8.07. The summed E-state index contributed by atoms with van der Waals surface area (Å²) < 4.78 is 6.44. The summed E-state index contributed by atoms with van der Waals surface area (Å²) in [5, 5.41) is 12.2. The largest absolute Gasteiger partial charge is 0.507 e. The van der Waals surface area contributed by atoms with Gasteiger partial charge >= 0.3 is 0 Å². The van der Waals surface area contributed by atoms with Gasteiger partial charge in [0.1, 0.15) is 5.75 Å². The van der Waals surface area contributed by atoms with E-state index in [4.69, 9.17) is 4.74 Å². The van der Waals surface area contributed by atoms with E-state index in [0.29, 0.717) is 25.3 Å². The van der Waals surface area contributed by atoms with Crippen molar-refractivity contribution in [3.63, 3.8) is 0 Å². The van der Waals surface area contributed by atoms with E-state index in [1.807, 2.05) is 43.5 Å². The van der Waals surface area contributed by atoms with Crippen LogP contribution in [-0.2, 0) is 20.9 Å². The van der Waals surface area contributed by atoms with Crippen molar-refractivity contribution in [1.82, 2.24) is 4.90 Å². The van der Waals surface area contributed by atoms with Crippen LogP contribution in [0.4, 0.5) is 0 Å². The number of rotatable bonds is 10. The van der Waals surface area contributed by atoms with E-state index in [0.717, 1.165) is 60.1 Å². The Labute approximate surface area is 236 Å². The lowest BCUT2D eigenvalue weighted by atomic mass is 9.68. The second kappa shape index (κ2) is 11.8. The van der Waals surface area contributed by atoms with E-state index in [1.54, 1.807) is 11.3 Å². The molecule has 2 fully saturated rings. The van der Waals surface area contributed by atoms with E-state index < -0.39 is 0 Å². The first kappa shape index (κ1) is 27.9. The molecule has 3 heterocycles. The third kappa shape index (κ3) is 5.51. The molecule has 1 aliphatic carbocycles. The zero-order valence-electron chi connectivity index (χ0n) is 23.7. The number of hydrogen-bond acceptors (Lipinski definition) is 5. The highest BCUT2D eigenvalue weighted by Gasteiger charge is 2.56. The number of carbonyl (C=O) groups is 2. The van der Waals surface area contributed by atoms with Crippen molar-refractivity contribution in [3.05, 3.63) is 67.9 Å². The molecule has 1 aromatic carbocycles. The molecule has 2 aliphatic heterocycles. The van der Waals surface area contributed by atoms with Gasteiger partial charge in [0.05, 0.1) is 31.1 Å². The quantitative estimate of drug-likeness (QED) is 0.249. The number of benzene rings is 1. The van der Waals surface area contributed by atoms with Gasteiger partial charge in [-0.2, -0.15) is 0 Å². The van der Waals surface area contributed by atoms with Crippen molar-refractivity contribution in [3.8, 4) is 5.75 Å². The van der Waals surface area contributed by atoms with E-state index >= 15 is 0 Å². The van der Waals surface area contributed by atoms with Crippen LogP contribution in [-0.4, -0.2) is 34.5 Å². The van der Waals surface area contributed by atoms with Crippen LogP contribution < -0.4 is 0 Å². The minimum absolute atomic E-state index is 0.00199. The maximum absolute atomic E-state index is 13.6. The van der Waals surface area contributed by atoms with E-state index in [2.05, 4.69) is 19.9 Å². The van der Waals surface area contributed by atoms with Crippen LogP contribution in [0, 0.1) is 31.6 Å². The summed E-state index contributed by atoms with van der Waals surface area (Å²) in [4.78, 5) is 29.6. The zero-order valence-corrected chi connectivity index (χ0v) is 24.5. The van der Waals surface area contributed by atoms with Gasteiger partial charge in [0.15, 0.2) is 0 Å². The lowest BCUT2D eigenvalue weighted by molar-refractivity contribution is -0.140. The van der Waals surface area contributed by atoms with Crippen LogP contribution in [0.15, 0.2) is 46.4 Å². The van der Waals surface area contributed by atoms with Gasteiger partial charge in [-0.05, 0) is 91.8 Å². The summed E-state index contributed by atoms with van der Waals surface area (Å²) in [5.41, 5.74) is 6.99. The van der Waals surface area contributed by atoms with Crippen LogP contribution >= 0.6 is 11.3 Å². The van der Waals surface area contributed by atoms with Gasteiger partial charge in [-0.15, -0.1) is 11.3 Å². The van der Waals surface area contributed by atoms with E-state index in [-0.39, 0.29) is 35.7 Å². The highest BCUT2D eigenvalue weighted by atomic mass is 32.1. The Kier molecular flexibility index (Phi) is 8.43. The lowest BCUT2D eigenvalue weighted by Gasteiger charge is -2.32. The fourth-order valence-corrected chi connectivity index (χ4v) is 7.70. The predicted molar refractivity (Wildman–Crippen MR) is 156 cm³/mol. The highest BCUT2D eigenvalue weighted by Crippen LogP contribution is 2.51. The molecule has 2 saturated heterocycles. The van der Waals surface area contributed by atoms with Gasteiger partial charge < -0.3 is 9.84 Å². The number of fused-ring (bicyclic) bond motifs is 3. The second-order valence-corrected chi connectivity index (χ2v) is 12.5. The van der Waals surface area contributed by atoms with Gasteiger partial charge in [0.2, 0.25) is 11.8 Å². The molecule has 2 amide bonds. The summed E-state index contributed by atoms with van der Waals surface area (Å²) in [5.74, 6) is -0.152. The van der Waals surface area contributed by atoms with Crippen molar-refractivity contribution in [2.75, 3.05) is 6.61 Å². The predicted octanol–water partition coefficient (Wildman–Crippen LogP) is 7.35. The maximum Gasteiger partial charge on any atom is 0.234 e. The number of phenols is 1. The van der Waals surface area contributed by atoms with E-state index in [1.165, 1.54) is 21.6 Å². The second-order valence-electron chi connectivity index (χ2n) is 11.5. The molecule has 1 N–H and O–H groups in total. The molecule has 0 bridgehead atoms. The number of hydrogen-bond donors (Lipinski definition) is 1. The van der Waals surface area contributed by atoms with Gasteiger partial charge in [0.25, 0.3) is 0 Å². The molecule has 5 rings (SSSR count). The van der Waals surface area contributed by atoms with Crippen LogP contribution in [0.1, 0.15) is 80.4 Å². The van der Waals surface area contributed by atoms with Crippen LogP contribution in [0.5, 0.6) is 5.75 Å². The van der Waals surface area contributed by atoms with Crippen molar-refractivity contribution < 1.29 is 19.4 Å². The molecule has 0 saturated carbocycles. The molecular formula is C33H41NO4S. The number of ether oxygens (including phenoxy) is 1. The molecule has 2 aromatic rings.